The molecule has 3 heteroatoms. The molecule has 1 aliphatic rings. The highest BCUT2D eigenvalue weighted by molar-refractivity contribution is 5.85. The number of aryl methyl sites for hydroxylation is 1. The van der Waals surface area contributed by atoms with Gasteiger partial charge in [-0.25, -0.2) is 0 Å². The summed E-state index contributed by atoms with van der Waals surface area (Å²) in [7, 11) is 1.90. The van der Waals surface area contributed by atoms with Crippen LogP contribution in [0.2, 0.25) is 0 Å². The summed E-state index contributed by atoms with van der Waals surface area (Å²) in [6, 6.07) is 8.25. The van der Waals surface area contributed by atoms with Crippen LogP contribution in [0.4, 0.5) is 0 Å². The van der Waals surface area contributed by atoms with Gasteiger partial charge in [0, 0.05) is 13.6 Å². The van der Waals surface area contributed by atoms with E-state index in [0.717, 1.165) is 19.4 Å². The first-order chi connectivity index (χ1) is 9.03. The number of hydrogen-bond acceptors (Lipinski definition) is 2. The molecule has 0 radical (unpaired) electrons. The van der Waals surface area contributed by atoms with Crippen molar-refractivity contribution in [2.24, 2.45) is 0 Å². The topological polar surface area (TPSA) is 32.3 Å². The molecule has 1 amide bonds. The average Bonchev–Trinajstić information content (AvgIpc) is 2.41. The van der Waals surface area contributed by atoms with Gasteiger partial charge in [0.15, 0.2) is 0 Å². The first-order valence-electron chi connectivity index (χ1n) is 7.08. The summed E-state index contributed by atoms with van der Waals surface area (Å²) < 4.78 is 0. The molecule has 0 aliphatic carbocycles. The largest absolute Gasteiger partial charge is 0.340 e. The number of nitrogens with zero attached hydrogens (tertiary/aromatic N) is 1. The van der Waals surface area contributed by atoms with Crippen molar-refractivity contribution in [3.05, 3.63) is 35.4 Å². The summed E-state index contributed by atoms with van der Waals surface area (Å²) in [4.78, 5) is 14.4. The molecule has 1 fully saturated rings. The fraction of sp³-hybridized carbons (Fsp3) is 0.562. The fourth-order valence-electron chi connectivity index (χ4n) is 2.77. The second-order valence-corrected chi connectivity index (χ2v) is 5.80. The summed E-state index contributed by atoms with van der Waals surface area (Å²) in [5.74, 6) is 0.204. The van der Waals surface area contributed by atoms with Gasteiger partial charge in [-0.05, 0) is 50.8 Å². The quantitative estimate of drug-likeness (QED) is 0.905. The van der Waals surface area contributed by atoms with E-state index in [1.54, 1.807) is 0 Å². The lowest BCUT2D eigenvalue weighted by molar-refractivity contribution is -0.137. The molecule has 1 aromatic carbocycles. The highest BCUT2D eigenvalue weighted by Crippen LogP contribution is 2.22. The first kappa shape index (κ1) is 14.1. The monoisotopic (exact) mass is 260 g/mol. The molecule has 1 aliphatic heterocycles. The summed E-state index contributed by atoms with van der Waals surface area (Å²) in [5.41, 5.74) is 2.08. The lowest BCUT2D eigenvalue weighted by atomic mass is 9.89. The highest BCUT2D eigenvalue weighted by atomic mass is 16.2. The molecule has 0 bridgehead atoms. The van der Waals surface area contributed by atoms with Crippen molar-refractivity contribution in [3.8, 4) is 0 Å². The molecule has 0 spiro atoms. The molecule has 3 nitrogen and oxygen atoms in total. The molecule has 0 aromatic heterocycles. The standard InChI is InChI=1S/C16H24N2O/c1-13-8-4-5-9-14(13)12-18(3)15(19)16(2)10-6-7-11-17-16/h4-5,8-9,17H,6-7,10-12H2,1-3H3. The maximum Gasteiger partial charge on any atom is 0.242 e. The third-order valence-electron chi connectivity index (χ3n) is 4.11. The zero-order valence-electron chi connectivity index (χ0n) is 12.2. The molecule has 2 rings (SSSR count). The van der Waals surface area contributed by atoms with E-state index in [2.05, 4.69) is 24.4 Å². The summed E-state index contributed by atoms with van der Waals surface area (Å²) >= 11 is 0. The Morgan fingerprint density at radius 1 is 1.37 bits per heavy atom. The van der Waals surface area contributed by atoms with E-state index in [9.17, 15) is 4.79 Å². The molecule has 104 valence electrons. The Morgan fingerprint density at radius 2 is 2.11 bits per heavy atom. The zero-order valence-corrected chi connectivity index (χ0v) is 12.2. The smallest absolute Gasteiger partial charge is 0.242 e. The Kier molecular flexibility index (Phi) is 4.25. The molecule has 1 saturated heterocycles. The number of carbonyl (C=O) groups excluding carboxylic acids is 1. The van der Waals surface area contributed by atoms with Gasteiger partial charge in [0.1, 0.15) is 0 Å². The van der Waals surface area contributed by atoms with E-state index in [1.165, 1.54) is 17.5 Å². The maximum absolute atomic E-state index is 12.6. The van der Waals surface area contributed by atoms with Gasteiger partial charge in [0.05, 0.1) is 5.54 Å². The second-order valence-electron chi connectivity index (χ2n) is 5.80. The Balaban J connectivity index is 2.05. The van der Waals surface area contributed by atoms with Crippen LogP contribution in [-0.4, -0.2) is 29.9 Å². The number of carbonyl (C=O) groups is 1. The van der Waals surface area contributed by atoms with Gasteiger partial charge in [-0.15, -0.1) is 0 Å². The SMILES string of the molecule is Cc1ccccc1CN(C)C(=O)C1(C)CCCCN1. The Morgan fingerprint density at radius 3 is 2.74 bits per heavy atom. The van der Waals surface area contributed by atoms with Gasteiger partial charge in [0.2, 0.25) is 5.91 Å². The van der Waals surface area contributed by atoms with Gasteiger partial charge in [0.25, 0.3) is 0 Å². The van der Waals surface area contributed by atoms with Crippen molar-refractivity contribution in [1.29, 1.82) is 0 Å². The van der Waals surface area contributed by atoms with Crippen molar-refractivity contribution in [3.63, 3.8) is 0 Å². The van der Waals surface area contributed by atoms with E-state index < -0.39 is 0 Å². The first-order valence-corrected chi connectivity index (χ1v) is 7.08. The molecule has 1 heterocycles. The number of amides is 1. The van der Waals surface area contributed by atoms with Crippen molar-refractivity contribution < 1.29 is 4.79 Å². The van der Waals surface area contributed by atoms with E-state index in [1.807, 2.05) is 31.0 Å². The van der Waals surface area contributed by atoms with Gasteiger partial charge in [-0.1, -0.05) is 24.3 Å². The van der Waals surface area contributed by atoms with Crippen LogP contribution >= 0.6 is 0 Å². The minimum absolute atomic E-state index is 0.204. The minimum Gasteiger partial charge on any atom is -0.340 e. The fourth-order valence-corrected chi connectivity index (χ4v) is 2.77. The lowest BCUT2D eigenvalue weighted by Gasteiger charge is -2.36. The third kappa shape index (κ3) is 3.16. The normalized spacial score (nSPS) is 23.1. The van der Waals surface area contributed by atoms with Gasteiger partial charge < -0.3 is 10.2 Å². The van der Waals surface area contributed by atoms with Crippen LogP contribution in [0.15, 0.2) is 24.3 Å². The van der Waals surface area contributed by atoms with E-state index >= 15 is 0 Å². The van der Waals surface area contributed by atoms with Gasteiger partial charge in [-0.3, -0.25) is 4.79 Å². The number of likely N-dealkylation sites (N-methyl/N-ethyl adjacent to an activating group) is 1. The lowest BCUT2D eigenvalue weighted by Crippen LogP contribution is -2.57. The summed E-state index contributed by atoms with van der Waals surface area (Å²) in [6.45, 7) is 5.75. The van der Waals surface area contributed by atoms with Crippen LogP contribution in [0.1, 0.15) is 37.3 Å². The predicted molar refractivity (Wildman–Crippen MR) is 77.9 cm³/mol. The molecular formula is C16H24N2O. The molecule has 19 heavy (non-hydrogen) atoms. The third-order valence-corrected chi connectivity index (χ3v) is 4.11. The summed E-state index contributed by atoms with van der Waals surface area (Å²) in [6.07, 6.45) is 3.24. The number of piperidine rings is 1. The molecular weight excluding hydrogens is 236 g/mol. The number of rotatable bonds is 3. The van der Waals surface area contributed by atoms with Crippen molar-refractivity contribution in [1.82, 2.24) is 10.2 Å². The van der Waals surface area contributed by atoms with Gasteiger partial charge in [-0.2, -0.15) is 0 Å². The molecule has 1 aromatic rings. The van der Waals surface area contributed by atoms with Crippen LogP contribution in [0.5, 0.6) is 0 Å². The van der Waals surface area contributed by atoms with Crippen LogP contribution < -0.4 is 5.32 Å². The van der Waals surface area contributed by atoms with Crippen molar-refractivity contribution in [2.75, 3.05) is 13.6 Å². The zero-order chi connectivity index (χ0) is 13.9. The number of benzene rings is 1. The van der Waals surface area contributed by atoms with E-state index in [4.69, 9.17) is 0 Å². The molecule has 1 atom stereocenters. The average molecular weight is 260 g/mol. The second kappa shape index (κ2) is 5.74. The summed E-state index contributed by atoms with van der Waals surface area (Å²) in [5, 5.41) is 3.39. The molecule has 0 saturated carbocycles. The van der Waals surface area contributed by atoms with Crippen molar-refractivity contribution in [2.45, 2.75) is 45.2 Å². The van der Waals surface area contributed by atoms with Gasteiger partial charge >= 0.3 is 0 Å². The minimum atomic E-state index is -0.379. The molecule has 1 N–H and O–H groups in total. The number of nitrogens with one attached hydrogen (secondary N) is 1. The Hall–Kier alpha value is -1.35. The van der Waals surface area contributed by atoms with Crippen LogP contribution in [0.25, 0.3) is 0 Å². The van der Waals surface area contributed by atoms with Crippen LogP contribution in [0, 0.1) is 6.92 Å². The Labute approximate surface area is 116 Å². The van der Waals surface area contributed by atoms with Crippen LogP contribution in [0.3, 0.4) is 0 Å². The predicted octanol–water partition coefficient (Wildman–Crippen LogP) is 2.49. The van der Waals surface area contributed by atoms with Crippen LogP contribution in [-0.2, 0) is 11.3 Å². The number of hydrogen-bond donors (Lipinski definition) is 1. The van der Waals surface area contributed by atoms with E-state index in [-0.39, 0.29) is 11.4 Å². The molecule has 1 unspecified atom stereocenters. The van der Waals surface area contributed by atoms with Crippen molar-refractivity contribution >= 4 is 5.91 Å². The van der Waals surface area contributed by atoms with E-state index in [0.29, 0.717) is 6.54 Å². The maximum atomic E-state index is 12.6. The Bertz CT molecular complexity index is 450. The highest BCUT2D eigenvalue weighted by Gasteiger charge is 2.36.